The average Bonchev–Trinajstić information content (AvgIpc) is 2.87. The molecule has 0 aliphatic carbocycles. The molecule has 2 aromatic carbocycles. The number of aromatic nitrogens is 1. The summed E-state index contributed by atoms with van der Waals surface area (Å²) in [5, 5.41) is 2.82. The van der Waals surface area contributed by atoms with E-state index in [4.69, 9.17) is 5.73 Å². The van der Waals surface area contributed by atoms with Crippen LogP contribution in [0, 0.1) is 17.5 Å². The van der Waals surface area contributed by atoms with E-state index >= 15 is 0 Å². The lowest BCUT2D eigenvalue weighted by Crippen LogP contribution is -2.31. The Bertz CT molecular complexity index is 904. The number of hydrogen-bond acceptors (Lipinski definition) is 1. The van der Waals surface area contributed by atoms with Gasteiger partial charge in [-0.3, -0.25) is 0 Å². The van der Waals surface area contributed by atoms with E-state index in [0.29, 0.717) is 28.6 Å². The van der Waals surface area contributed by atoms with Crippen molar-refractivity contribution in [2.75, 3.05) is 6.54 Å². The summed E-state index contributed by atoms with van der Waals surface area (Å²) in [6.45, 7) is 0.203. The molecule has 0 unspecified atom stereocenters. The van der Waals surface area contributed by atoms with Crippen LogP contribution in [0.15, 0.2) is 36.4 Å². The first-order chi connectivity index (χ1) is 11.5. The molecule has 0 atom stereocenters. The molecule has 0 aliphatic rings. The van der Waals surface area contributed by atoms with Crippen LogP contribution in [-0.2, 0) is 6.42 Å². The average molecular weight is 333 g/mol. The van der Waals surface area contributed by atoms with Gasteiger partial charge in [0.25, 0.3) is 0 Å². The minimum atomic E-state index is -0.720. The molecule has 2 amide bonds. The van der Waals surface area contributed by atoms with Crippen molar-refractivity contribution in [2.24, 2.45) is 5.73 Å². The van der Waals surface area contributed by atoms with Gasteiger partial charge < -0.3 is 16.0 Å². The van der Waals surface area contributed by atoms with Gasteiger partial charge in [0.2, 0.25) is 0 Å². The molecule has 3 aromatic rings. The normalized spacial score (nSPS) is 11.0. The number of rotatable bonds is 4. The number of benzene rings is 2. The largest absolute Gasteiger partial charge is 0.352 e. The summed E-state index contributed by atoms with van der Waals surface area (Å²) in [7, 11) is 0. The monoisotopic (exact) mass is 333 g/mol. The Morgan fingerprint density at radius 3 is 2.46 bits per heavy atom. The van der Waals surface area contributed by atoms with Crippen molar-refractivity contribution >= 4 is 16.9 Å². The maximum atomic E-state index is 14.0. The van der Waals surface area contributed by atoms with Crippen LogP contribution in [0.3, 0.4) is 0 Å². The molecule has 1 heterocycles. The highest BCUT2D eigenvalue weighted by Gasteiger charge is 2.17. The number of halogens is 3. The van der Waals surface area contributed by atoms with E-state index in [-0.39, 0.29) is 12.1 Å². The number of nitrogens with two attached hydrogens (primary N) is 1. The van der Waals surface area contributed by atoms with Crippen molar-refractivity contribution in [3.8, 4) is 11.3 Å². The Labute approximate surface area is 135 Å². The molecule has 0 spiro atoms. The van der Waals surface area contributed by atoms with Crippen LogP contribution in [0.2, 0.25) is 0 Å². The molecular weight excluding hydrogens is 319 g/mol. The number of carbonyl (C=O) groups is 1. The highest BCUT2D eigenvalue weighted by molar-refractivity contribution is 5.91. The summed E-state index contributed by atoms with van der Waals surface area (Å²) in [6, 6.07) is 6.97. The number of amides is 2. The highest BCUT2D eigenvalue weighted by Crippen LogP contribution is 2.32. The fraction of sp³-hybridized carbons (Fsp3) is 0.118. The first kappa shape index (κ1) is 15.9. The SMILES string of the molecule is NC(=O)NCCc1c(-c2ccc(F)cc2)[nH]c2c(F)cc(F)cc12. The van der Waals surface area contributed by atoms with Crippen LogP contribution < -0.4 is 11.1 Å². The van der Waals surface area contributed by atoms with Gasteiger partial charge in [0, 0.05) is 23.7 Å². The molecule has 24 heavy (non-hydrogen) atoms. The second-order valence-corrected chi connectivity index (χ2v) is 5.34. The van der Waals surface area contributed by atoms with Crippen molar-refractivity contribution in [3.63, 3.8) is 0 Å². The lowest BCUT2D eigenvalue weighted by Gasteiger charge is -2.06. The molecule has 0 aliphatic heterocycles. The molecule has 4 N–H and O–H groups in total. The number of nitrogens with one attached hydrogen (secondary N) is 2. The van der Waals surface area contributed by atoms with Gasteiger partial charge in [-0.05, 0) is 47.9 Å². The van der Waals surface area contributed by atoms with E-state index in [1.165, 1.54) is 18.2 Å². The Hall–Kier alpha value is -2.96. The van der Waals surface area contributed by atoms with Gasteiger partial charge in [0.05, 0.1) is 5.52 Å². The van der Waals surface area contributed by atoms with Crippen molar-refractivity contribution in [2.45, 2.75) is 6.42 Å². The van der Waals surface area contributed by atoms with E-state index in [1.807, 2.05) is 0 Å². The molecule has 0 saturated carbocycles. The molecule has 0 bridgehead atoms. The summed E-state index contributed by atoms with van der Waals surface area (Å²) in [4.78, 5) is 13.8. The van der Waals surface area contributed by atoms with Gasteiger partial charge in [0.1, 0.15) is 17.5 Å². The molecule has 0 fully saturated rings. The van der Waals surface area contributed by atoms with Crippen LogP contribution in [0.1, 0.15) is 5.56 Å². The van der Waals surface area contributed by atoms with Gasteiger partial charge in [-0.2, -0.15) is 0 Å². The van der Waals surface area contributed by atoms with Crippen molar-refractivity contribution in [1.82, 2.24) is 10.3 Å². The zero-order valence-corrected chi connectivity index (χ0v) is 12.5. The maximum absolute atomic E-state index is 14.0. The Morgan fingerprint density at radius 1 is 1.08 bits per heavy atom. The lowest BCUT2D eigenvalue weighted by atomic mass is 10.0. The summed E-state index contributed by atoms with van der Waals surface area (Å²) in [5.41, 5.74) is 6.98. The topological polar surface area (TPSA) is 70.9 Å². The molecule has 3 rings (SSSR count). The van der Waals surface area contributed by atoms with Crippen LogP contribution in [0.5, 0.6) is 0 Å². The number of carbonyl (C=O) groups excluding carboxylic acids is 1. The predicted octanol–water partition coefficient (Wildman–Crippen LogP) is 3.46. The van der Waals surface area contributed by atoms with E-state index < -0.39 is 23.5 Å². The van der Waals surface area contributed by atoms with Gasteiger partial charge in [-0.25, -0.2) is 18.0 Å². The third kappa shape index (κ3) is 3.05. The molecule has 4 nitrogen and oxygen atoms in total. The predicted molar refractivity (Wildman–Crippen MR) is 84.9 cm³/mol. The standard InChI is InChI=1S/C17H14F3N3O/c18-10-3-1-9(2-4-10)15-12(5-6-22-17(21)24)13-7-11(19)8-14(20)16(13)23-15/h1-4,7-8,23H,5-6H2,(H3,21,22,24). The lowest BCUT2D eigenvalue weighted by molar-refractivity contribution is 0.249. The van der Waals surface area contributed by atoms with E-state index in [1.54, 1.807) is 12.1 Å². The summed E-state index contributed by atoms with van der Waals surface area (Å²) in [5.74, 6) is -1.82. The fourth-order valence-electron chi connectivity index (χ4n) is 2.71. The van der Waals surface area contributed by atoms with Gasteiger partial charge >= 0.3 is 6.03 Å². The smallest absolute Gasteiger partial charge is 0.312 e. The molecule has 7 heteroatoms. The number of H-pyrrole nitrogens is 1. The summed E-state index contributed by atoms with van der Waals surface area (Å²) >= 11 is 0. The molecular formula is C17H14F3N3O. The molecule has 0 radical (unpaired) electrons. The Morgan fingerprint density at radius 2 is 1.79 bits per heavy atom. The molecule has 0 saturated heterocycles. The van der Waals surface area contributed by atoms with Crippen LogP contribution in [-0.4, -0.2) is 17.6 Å². The molecule has 124 valence electrons. The van der Waals surface area contributed by atoms with E-state index in [0.717, 1.165) is 6.07 Å². The number of primary amides is 1. The minimum Gasteiger partial charge on any atom is -0.352 e. The second kappa shape index (κ2) is 6.27. The van der Waals surface area contributed by atoms with Crippen molar-refractivity contribution in [1.29, 1.82) is 0 Å². The fourth-order valence-corrected chi connectivity index (χ4v) is 2.71. The second-order valence-electron chi connectivity index (χ2n) is 5.34. The number of urea groups is 1. The third-order valence-corrected chi connectivity index (χ3v) is 3.74. The highest BCUT2D eigenvalue weighted by atomic mass is 19.1. The van der Waals surface area contributed by atoms with Gasteiger partial charge in [0.15, 0.2) is 0 Å². The summed E-state index contributed by atoms with van der Waals surface area (Å²) < 4.78 is 40.8. The number of hydrogen-bond donors (Lipinski definition) is 3. The third-order valence-electron chi connectivity index (χ3n) is 3.74. The quantitative estimate of drug-likeness (QED) is 0.672. The summed E-state index contributed by atoms with van der Waals surface area (Å²) in [6.07, 6.45) is 0.304. The van der Waals surface area contributed by atoms with Crippen LogP contribution in [0.25, 0.3) is 22.2 Å². The van der Waals surface area contributed by atoms with Gasteiger partial charge in [-0.15, -0.1) is 0 Å². The van der Waals surface area contributed by atoms with E-state index in [2.05, 4.69) is 10.3 Å². The Balaban J connectivity index is 2.13. The zero-order chi connectivity index (χ0) is 17.3. The van der Waals surface area contributed by atoms with Crippen molar-refractivity contribution in [3.05, 3.63) is 59.4 Å². The van der Waals surface area contributed by atoms with Crippen LogP contribution >= 0.6 is 0 Å². The number of fused-ring (bicyclic) bond motifs is 1. The van der Waals surface area contributed by atoms with Crippen LogP contribution in [0.4, 0.5) is 18.0 Å². The first-order valence-corrected chi connectivity index (χ1v) is 7.24. The van der Waals surface area contributed by atoms with Crippen molar-refractivity contribution < 1.29 is 18.0 Å². The minimum absolute atomic E-state index is 0.157. The maximum Gasteiger partial charge on any atom is 0.312 e. The van der Waals surface area contributed by atoms with E-state index in [9.17, 15) is 18.0 Å². The molecule has 1 aromatic heterocycles. The zero-order valence-electron chi connectivity index (χ0n) is 12.5. The first-order valence-electron chi connectivity index (χ1n) is 7.24. The number of aromatic amines is 1. The van der Waals surface area contributed by atoms with Gasteiger partial charge in [-0.1, -0.05) is 0 Å². The Kier molecular flexibility index (Phi) is 4.16.